The Morgan fingerprint density at radius 3 is 2.31 bits per heavy atom. The number of hydrogen-bond donors (Lipinski definition) is 0. The molecule has 4 aromatic carbocycles. The fraction of sp³-hybridized carbons (Fsp3) is 0.0968. The van der Waals surface area contributed by atoms with Gasteiger partial charge in [-0.05, 0) is 29.0 Å². The summed E-state index contributed by atoms with van der Waals surface area (Å²) in [7, 11) is 0. The van der Waals surface area contributed by atoms with E-state index in [2.05, 4.69) is 34.9 Å². The van der Waals surface area contributed by atoms with Crippen LogP contribution in [-0.2, 0) is 6.54 Å². The van der Waals surface area contributed by atoms with Gasteiger partial charge < -0.3 is 21.4 Å². The third-order valence-electron chi connectivity index (χ3n) is 6.69. The molecule has 0 aliphatic rings. The second-order valence-corrected chi connectivity index (χ2v) is 8.87. The maximum absolute atomic E-state index is 13.2. The highest BCUT2D eigenvalue weighted by molar-refractivity contribution is 5.99. The summed E-state index contributed by atoms with van der Waals surface area (Å²) < 4.78 is 10.5. The van der Waals surface area contributed by atoms with Gasteiger partial charge in [-0.1, -0.05) is 84.9 Å². The Kier molecular flexibility index (Phi) is 6.57. The predicted molar refractivity (Wildman–Crippen MR) is 138 cm³/mol. The zero-order valence-electron chi connectivity index (χ0n) is 19.8. The van der Waals surface area contributed by atoms with Crippen molar-refractivity contribution in [2.24, 2.45) is 0 Å². The maximum atomic E-state index is 13.2. The van der Waals surface area contributed by atoms with Crippen molar-refractivity contribution in [1.82, 2.24) is 4.57 Å². The van der Waals surface area contributed by atoms with Gasteiger partial charge in [-0.25, -0.2) is 9.13 Å². The molecule has 0 radical (unpaired) electrons. The van der Waals surface area contributed by atoms with Gasteiger partial charge in [0.25, 0.3) is 5.82 Å². The molecule has 4 nitrogen and oxygen atoms in total. The fourth-order valence-electron chi connectivity index (χ4n) is 4.80. The number of halogens is 1. The Hall–Kier alpha value is -3.96. The second kappa shape index (κ2) is 9.96. The fourth-order valence-corrected chi connectivity index (χ4v) is 4.80. The highest BCUT2D eigenvalue weighted by atomic mass is 79.9. The van der Waals surface area contributed by atoms with Crippen LogP contribution in [0.15, 0.2) is 120 Å². The number of nitrogens with zero attached hydrogens (tertiary/aromatic N) is 2. The van der Waals surface area contributed by atoms with E-state index in [1.54, 1.807) is 0 Å². The van der Waals surface area contributed by atoms with Crippen LogP contribution in [0.5, 0.6) is 0 Å². The standard InChI is InChI=1S/C31H25N2O2.BrH/c1-22-32(21-28(34)26-16-15-23-9-5-6-12-25(23)19-26)17-18-33(22)31(24-10-3-2-4-11-24)30-20-27-13-7-8-14-29(27)35-30;/h2-20,31H,21H2,1H3;1H/q+1;/p-1. The summed E-state index contributed by atoms with van der Waals surface area (Å²) in [6.07, 6.45) is 4.01. The molecule has 0 spiro atoms. The van der Waals surface area contributed by atoms with Gasteiger partial charge in [-0.3, -0.25) is 4.79 Å². The third-order valence-corrected chi connectivity index (χ3v) is 6.69. The van der Waals surface area contributed by atoms with Crippen LogP contribution in [0.25, 0.3) is 21.7 Å². The smallest absolute Gasteiger partial charge is 0.254 e. The second-order valence-electron chi connectivity index (χ2n) is 8.87. The van der Waals surface area contributed by atoms with Crippen LogP contribution in [0.4, 0.5) is 0 Å². The van der Waals surface area contributed by atoms with Crippen molar-refractivity contribution < 1.29 is 30.8 Å². The molecule has 0 fully saturated rings. The molecule has 2 aromatic heterocycles. The number of para-hydroxylation sites is 1. The first-order valence-corrected chi connectivity index (χ1v) is 11.8. The van der Waals surface area contributed by atoms with Crippen LogP contribution in [-0.4, -0.2) is 10.4 Å². The lowest BCUT2D eigenvalue weighted by Crippen LogP contribution is -3.00. The number of Topliss-reactive ketones (excluding diaryl/α,β-unsaturated/α-hetero) is 1. The lowest BCUT2D eigenvalue weighted by atomic mass is 10.0. The molecule has 2 heterocycles. The van der Waals surface area contributed by atoms with E-state index in [9.17, 15) is 4.79 Å². The number of imidazole rings is 1. The number of furan rings is 1. The molecule has 6 aromatic rings. The Balaban J connectivity index is 0.00000267. The molecule has 0 saturated heterocycles. The molecule has 178 valence electrons. The van der Waals surface area contributed by atoms with Gasteiger partial charge in [-0.15, -0.1) is 0 Å². The van der Waals surface area contributed by atoms with Crippen LogP contribution < -0.4 is 21.5 Å². The Bertz CT molecular complexity index is 1630. The van der Waals surface area contributed by atoms with Crippen molar-refractivity contribution in [3.63, 3.8) is 0 Å². The minimum atomic E-state index is -0.138. The van der Waals surface area contributed by atoms with E-state index in [0.717, 1.165) is 44.5 Å². The lowest BCUT2D eigenvalue weighted by Gasteiger charge is -2.13. The number of hydrogen-bond acceptors (Lipinski definition) is 2. The van der Waals surface area contributed by atoms with Crippen molar-refractivity contribution in [1.29, 1.82) is 0 Å². The Labute approximate surface area is 220 Å². The summed E-state index contributed by atoms with van der Waals surface area (Å²) in [4.78, 5) is 13.2. The van der Waals surface area contributed by atoms with Crippen molar-refractivity contribution in [2.75, 3.05) is 0 Å². The minimum absolute atomic E-state index is 0. The number of carbonyl (C=O) groups is 1. The summed E-state index contributed by atoms with van der Waals surface area (Å²) in [5.74, 6) is 1.93. The van der Waals surface area contributed by atoms with E-state index < -0.39 is 0 Å². The topological polar surface area (TPSA) is 39.0 Å². The highest BCUT2D eigenvalue weighted by Gasteiger charge is 2.29. The molecule has 0 aliphatic heterocycles. The van der Waals surface area contributed by atoms with Crippen molar-refractivity contribution in [3.05, 3.63) is 138 Å². The van der Waals surface area contributed by atoms with Gasteiger partial charge in [0.05, 0.1) is 0 Å². The van der Waals surface area contributed by atoms with Gasteiger partial charge in [0.1, 0.15) is 18.0 Å². The summed E-state index contributed by atoms with van der Waals surface area (Å²) >= 11 is 0. The average Bonchev–Trinajstić information content (AvgIpc) is 3.48. The molecule has 0 aliphatic carbocycles. The number of aromatic nitrogens is 2. The van der Waals surface area contributed by atoms with Crippen molar-refractivity contribution in [3.8, 4) is 0 Å². The quantitative estimate of drug-likeness (QED) is 0.241. The SMILES string of the molecule is Cc1n(C(c2ccccc2)c2cc3ccccc3o2)cc[n+]1CC(=O)c1ccc2ccccc2c1.[Br-]. The van der Waals surface area contributed by atoms with Crippen LogP contribution in [0.1, 0.15) is 33.5 Å². The molecule has 1 unspecified atom stereocenters. The number of rotatable bonds is 6. The monoisotopic (exact) mass is 536 g/mol. The van der Waals surface area contributed by atoms with Crippen LogP contribution in [0, 0.1) is 6.92 Å². The van der Waals surface area contributed by atoms with E-state index in [0.29, 0.717) is 0 Å². The number of benzene rings is 4. The first-order valence-electron chi connectivity index (χ1n) is 11.8. The Morgan fingerprint density at radius 2 is 1.53 bits per heavy atom. The third kappa shape index (κ3) is 4.38. The molecule has 36 heavy (non-hydrogen) atoms. The van der Waals surface area contributed by atoms with Gasteiger partial charge in [0.15, 0.2) is 18.3 Å². The predicted octanol–water partition coefficient (Wildman–Crippen LogP) is 3.51. The summed E-state index contributed by atoms with van der Waals surface area (Å²) in [5.41, 5.74) is 2.71. The zero-order valence-corrected chi connectivity index (χ0v) is 21.4. The van der Waals surface area contributed by atoms with Gasteiger partial charge in [0, 0.05) is 23.4 Å². The largest absolute Gasteiger partial charge is 1.00 e. The van der Waals surface area contributed by atoms with Crippen LogP contribution in [0.3, 0.4) is 0 Å². The summed E-state index contributed by atoms with van der Waals surface area (Å²) in [6.45, 7) is 2.32. The van der Waals surface area contributed by atoms with Crippen molar-refractivity contribution in [2.45, 2.75) is 19.5 Å². The molecule has 5 heteroatoms. The van der Waals surface area contributed by atoms with Crippen LogP contribution in [0.2, 0.25) is 0 Å². The Morgan fingerprint density at radius 1 is 0.833 bits per heavy atom. The molecule has 0 N–H and O–H groups in total. The van der Waals surface area contributed by atoms with Gasteiger partial charge in [0.2, 0.25) is 5.78 Å². The number of ketones is 1. The van der Waals surface area contributed by atoms with Gasteiger partial charge in [-0.2, -0.15) is 0 Å². The highest BCUT2D eigenvalue weighted by Crippen LogP contribution is 2.32. The number of fused-ring (bicyclic) bond motifs is 2. The normalized spacial score (nSPS) is 11.9. The summed E-state index contributed by atoms with van der Waals surface area (Å²) in [6, 6.07) is 34.4. The van der Waals surface area contributed by atoms with E-state index in [1.165, 1.54) is 0 Å². The van der Waals surface area contributed by atoms with Gasteiger partial charge >= 0.3 is 0 Å². The summed E-state index contributed by atoms with van der Waals surface area (Å²) in [5, 5.41) is 3.29. The zero-order chi connectivity index (χ0) is 23.8. The maximum Gasteiger partial charge on any atom is 0.254 e. The first kappa shape index (κ1) is 23.8. The van der Waals surface area contributed by atoms with Crippen molar-refractivity contribution >= 4 is 27.5 Å². The van der Waals surface area contributed by atoms with E-state index in [4.69, 9.17) is 4.42 Å². The number of carbonyl (C=O) groups excluding carboxylic acids is 1. The molecule has 0 saturated carbocycles. The average molecular weight is 537 g/mol. The molecular formula is C31H25BrN2O2. The molecular weight excluding hydrogens is 512 g/mol. The lowest BCUT2D eigenvalue weighted by molar-refractivity contribution is -0.688. The minimum Gasteiger partial charge on any atom is -1.00 e. The molecule has 0 bridgehead atoms. The molecule has 1 atom stereocenters. The van der Waals surface area contributed by atoms with Crippen LogP contribution >= 0.6 is 0 Å². The van der Waals surface area contributed by atoms with E-state index in [-0.39, 0.29) is 35.4 Å². The first-order chi connectivity index (χ1) is 17.2. The molecule has 6 rings (SSSR count). The molecule has 0 amide bonds. The van der Waals surface area contributed by atoms with E-state index >= 15 is 0 Å². The van der Waals surface area contributed by atoms with E-state index in [1.807, 2.05) is 96.7 Å².